The van der Waals surface area contributed by atoms with Crippen molar-refractivity contribution in [3.63, 3.8) is 0 Å². The molecule has 5 nitrogen and oxygen atoms in total. The first-order valence-corrected chi connectivity index (χ1v) is 5.93. The van der Waals surface area contributed by atoms with Crippen molar-refractivity contribution >= 4 is 11.7 Å². The van der Waals surface area contributed by atoms with E-state index in [1.807, 2.05) is 0 Å². The Morgan fingerprint density at radius 2 is 1.89 bits per heavy atom. The Balaban J connectivity index is 2.76. The van der Waals surface area contributed by atoms with Gasteiger partial charge in [-0.05, 0) is 18.6 Å². The van der Waals surface area contributed by atoms with Crippen LogP contribution in [0.2, 0.25) is 0 Å². The Labute approximate surface area is 107 Å². The number of carbonyl (C=O) groups excluding carboxylic acids is 1. The molecule has 0 aliphatic rings. The summed E-state index contributed by atoms with van der Waals surface area (Å²) in [5, 5.41) is 11.4. The molecule has 1 amide bonds. The van der Waals surface area contributed by atoms with Crippen molar-refractivity contribution in [2.24, 2.45) is 10.9 Å². The highest BCUT2D eigenvalue weighted by Crippen LogP contribution is 2.07. The molecule has 18 heavy (non-hydrogen) atoms. The summed E-state index contributed by atoms with van der Waals surface area (Å²) in [5.74, 6) is 0.0165. The Bertz CT molecular complexity index is 426. The summed E-state index contributed by atoms with van der Waals surface area (Å²) < 4.78 is 0. The van der Waals surface area contributed by atoms with Gasteiger partial charge in [-0.15, -0.1) is 0 Å². The molecule has 1 rings (SSSR count). The van der Waals surface area contributed by atoms with Crippen molar-refractivity contribution in [1.29, 1.82) is 0 Å². The molecule has 0 aliphatic carbocycles. The van der Waals surface area contributed by atoms with Crippen molar-refractivity contribution in [1.82, 2.24) is 4.90 Å². The molecule has 98 valence electrons. The zero-order chi connectivity index (χ0) is 13.5. The molecule has 0 aromatic heterocycles. The molecular formula is C13H19N3O2. The molecule has 3 N–H and O–H groups in total. The summed E-state index contributed by atoms with van der Waals surface area (Å²) in [7, 11) is 1.79. The van der Waals surface area contributed by atoms with E-state index in [-0.39, 0.29) is 11.7 Å². The summed E-state index contributed by atoms with van der Waals surface area (Å²) in [6.45, 7) is 2.83. The van der Waals surface area contributed by atoms with E-state index < -0.39 is 0 Å². The standard InChI is InChI=1S/C13H19N3O2/c1-3-4-9-16(2)13(17)11-7-5-10(6-8-11)12(14)15-18/h5-8,18H,3-4,9H2,1-2H3,(H2,14,15). The highest BCUT2D eigenvalue weighted by Gasteiger charge is 2.11. The largest absolute Gasteiger partial charge is 0.409 e. The monoisotopic (exact) mass is 249 g/mol. The first-order chi connectivity index (χ1) is 8.60. The summed E-state index contributed by atoms with van der Waals surface area (Å²) in [6.07, 6.45) is 2.05. The number of amidine groups is 1. The summed E-state index contributed by atoms with van der Waals surface area (Å²) in [6, 6.07) is 6.68. The fraction of sp³-hybridized carbons (Fsp3) is 0.385. The van der Waals surface area contributed by atoms with Crippen LogP contribution in [-0.4, -0.2) is 35.4 Å². The second-order valence-electron chi connectivity index (χ2n) is 4.14. The van der Waals surface area contributed by atoms with Crippen molar-refractivity contribution in [3.8, 4) is 0 Å². The molecule has 0 saturated heterocycles. The number of amides is 1. The molecule has 0 bridgehead atoms. The van der Waals surface area contributed by atoms with Gasteiger partial charge in [-0.1, -0.05) is 30.6 Å². The minimum atomic E-state index is -0.0190. The quantitative estimate of drug-likeness (QED) is 0.360. The number of hydrogen-bond acceptors (Lipinski definition) is 3. The van der Waals surface area contributed by atoms with E-state index in [0.717, 1.165) is 19.4 Å². The number of nitrogens with zero attached hydrogens (tertiary/aromatic N) is 2. The predicted molar refractivity (Wildman–Crippen MR) is 70.8 cm³/mol. The smallest absolute Gasteiger partial charge is 0.253 e. The third-order valence-corrected chi connectivity index (χ3v) is 2.73. The maximum Gasteiger partial charge on any atom is 0.253 e. The minimum Gasteiger partial charge on any atom is -0.409 e. The van der Waals surface area contributed by atoms with Crippen LogP contribution >= 0.6 is 0 Å². The zero-order valence-corrected chi connectivity index (χ0v) is 10.8. The second-order valence-corrected chi connectivity index (χ2v) is 4.14. The Hall–Kier alpha value is -2.04. The lowest BCUT2D eigenvalue weighted by molar-refractivity contribution is 0.0793. The van der Waals surface area contributed by atoms with E-state index >= 15 is 0 Å². The molecule has 0 atom stereocenters. The van der Waals surface area contributed by atoms with Crippen LogP contribution in [0.4, 0.5) is 0 Å². The molecule has 5 heteroatoms. The first-order valence-electron chi connectivity index (χ1n) is 5.93. The van der Waals surface area contributed by atoms with Crippen LogP contribution in [0.3, 0.4) is 0 Å². The lowest BCUT2D eigenvalue weighted by Gasteiger charge is -2.16. The van der Waals surface area contributed by atoms with E-state index in [4.69, 9.17) is 10.9 Å². The summed E-state index contributed by atoms with van der Waals surface area (Å²) in [5.41, 5.74) is 6.64. The number of oxime groups is 1. The molecule has 0 saturated carbocycles. The van der Waals surface area contributed by atoms with Gasteiger partial charge in [0, 0.05) is 24.7 Å². The predicted octanol–water partition coefficient (Wildman–Crippen LogP) is 1.65. The van der Waals surface area contributed by atoms with Gasteiger partial charge >= 0.3 is 0 Å². The van der Waals surface area contributed by atoms with E-state index in [0.29, 0.717) is 11.1 Å². The first kappa shape index (κ1) is 14.0. The maximum atomic E-state index is 12.0. The highest BCUT2D eigenvalue weighted by molar-refractivity contribution is 5.99. The normalized spacial score (nSPS) is 11.3. The lowest BCUT2D eigenvalue weighted by atomic mass is 10.1. The Kier molecular flexibility index (Phi) is 5.17. The fourth-order valence-electron chi connectivity index (χ4n) is 1.56. The maximum absolute atomic E-state index is 12.0. The van der Waals surface area contributed by atoms with Crippen LogP contribution in [0.5, 0.6) is 0 Å². The molecule has 0 radical (unpaired) electrons. The SMILES string of the molecule is CCCCN(C)C(=O)c1ccc(/C(N)=N/O)cc1. The van der Waals surface area contributed by atoms with Crippen molar-refractivity contribution < 1.29 is 10.0 Å². The van der Waals surface area contributed by atoms with Gasteiger partial charge < -0.3 is 15.8 Å². The van der Waals surface area contributed by atoms with Crippen LogP contribution in [0.1, 0.15) is 35.7 Å². The topological polar surface area (TPSA) is 78.9 Å². The minimum absolute atomic E-state index is 0.0190. The van der Waals surface area contributed by atoms with Crippen LogP contribution in [-0.2, 0) is 0 Å². The average molecular weight is 249 g/mol. The van der Waals surface area contributed by atoms with E-state index in [2.05, 4.69) is 12.1 Å². The number of unbranched alkanes of at least 4 members (excludes halogenated alkanes) is 1. The number of nitrogens with two attached hydrogens (primary N) is 1. The summed E-state index contributed by atoms with van der Waals surface area (Å²) in [4.78, 5) is 13.7. The number of rotatable bonds is 5. The molecule has 0 spiro atoms. The molecule has 0 unspecified atom stereocenters. The zero-order valence-electron chi connectivity index (χ0n) is 10.8. The average Bonchev–Trinajstić information content (AvgIpc) is 2.43. The molecular weight excluding hydrogens is 230 g/mol. The van der Waals surface area contributed by atoms with Gasteiger partial charge in [0.15, 0.2) is 5.84 Å². The van der Waals surface area contributed by atoms with Gasteiger partial charge in [0.25, 0.3) is 5.91 Å². The van der Waals surface area contributed by atoms with Gasteiger partial charge in [0.05, 0.1) is 0 Å². The van der Waals surface area contributed by atoms with Crippen molar-refractivity contribution in [2.45, 2.75) is 19.8 Å². The van der Waals surface area contributed by atoms with Gasteiger partial charge in [0.2, 0.25) is 0 Å². The Morgan fingerprint density at radius 3 is 2.39 bits per heavy atom. The van der Waals surface area contributed by atoms with E-state index in [1.165, 1.54) is 0 Å². The van der Waals surface area contributed by atoms with E-state index in [1.54, 1.807) is 36.2 Å². The summed E-state index contributed by atoms with van der Waals surface area (Å²) >= 11 is 0. The van der Waals surface area contributed by atoms with Crippen LogP contribution < -0.4 is 5.73 Å². The third-order valence-electron chi connectivity index (χ3n) is 2.73. The van der Waals surface area contributed by atoms with Gasteiger partial charge in [-0.25, -0.2) is 0 Å². The van der Waals surface area contributed by atoms with E-state index in [9.17, 15) is 4.79 Å². The Morgan fingerprint density at radius 1 is 1.33 bits per heavy atom. The van der Waals surface area contributed by atoms with Crippen LogP contribution in [0.25, 0.3) is 0 Å². The van der Waals surface area contributed by atoms with Crippen molar-refractivity contribution in [3.05, 3.63) is 35.4 Å². The van der Waals surface area contributed by atoms with Crippen molar-refractivity contribution in [2.75, 3.05) is 13.6 Å². The van der Waals surface area contributed by atoms with Gasteiger partial charge in [-0.2, -0.15) is 0 Å². The molecule has 1 aromatic rings. The fourth-order valence-corrected chi connectivity index (χ4v) is 1.56. The second kappa shape index (κ2) is 6.64. The number of benzene rings is 1. The number of carbonyl (C=O) groups is 1. The van der Waals surface area contributed by atoms with Crippen LogP contribution in [0, 0.1) is 0 Å². The molecule has 0 heterocycles. The third kappa shape index (κ3) is 3.48. The van der Waals surface area contributed by atoms with Crippen LogP contribution in [0.15, 0.2) is 29.4 Å². The highest BCUT2D eigenvalue weighted by atomic mass is 16.4. The molecule has 0 aliphatic heterocycles. The van der Waals surface area contributed by atoms with Gasteiger partial charge in [0.1, 0.15) is 0 Å². The lowest BCUT2D eigenvalue weighted by Crippen LogP contribution is -2.27. The molecule has 1 aromatic carbocycles. The molecule has 0 fully saturated rings. The van der Waals surface area contributed by atoms with Gasteiger partial charge in [-0.3, -0.25) is 4.79 Å². The number of hydrogen-bond donors (Lipinski definition) is 2.